The summed E-state index contributed by atoms with van der Waals surface area (Å²) in [4.78, 5) is 29.0. The zero-order valence-electron chi connectivity index (χ0n) is 14.5. The summed E-state index contributed by atoms with van der Waals surface area (Å²) in [6.45, 7) is 5.05. The lowest BCUT2D eigenvalue weighted by Crippen LogP contribution is -2.52. The standard InChI is InChI=1S/C19H26N2O3/c1-14-7-9-20(10-8-14)13-18(22)21-12-16-6-4-3-5-15(16)11-17(21)19(23)24-2/h3-6,14,17H,7-13H2,1-2H3. The van der Waals surface area contributed by atoms with Crippen molar-refractivity contribution in [3.05, 3.63) is 35.4 Å². The smallest absolute Gasteiger partial charge is 0.328 e. The maximum atomic E-state index is 12.9. The van der Waals surface area contributed by atoms with Crippen LogP contribution < -0.4 is 0 Å². The molecule has 2 aliphatic rings. The third-order valence-corrected chi connectivity index (χ3v) is 5.28. The van der Waals surface area contributed by atoms with Crippen LogP contribution in [0.25, 0.3) is 0 Å². The summed E-state index contributed by atoms with van der Waals surface area (Å²) in [6, 6.07) is 7.50. The van der Waals surface area contributed by atoms with E-state index in [1.807, 2.05) is 24.3 Å². The van der Waals surface area contributed by atoms with Crippen molar-refractivity contribution in [3.8, 4) is 0 Å². The summed E-state index contributed by atoms with van der Waals surface area (Å²) in [7, 11) is 1.39. The Morgan fingerprint density at radius 1 is 1.17 bits per heavy atom. The number of piperidine rings is 1. The van der Waals surface area contributed by atoms with Crippen LogP contribution >= 0.6 is 0 Å². The second-order valence-corrected chi connectivity index (χ2v) is 6.99. The number of fused-ring (bicyclic) bond motifs is 1. The predicted molar refractivity (Wildman–Crippen MR) is 91.3 cm³/mol. The average molecular weight is 330 g/mol. The average Bonchev–Trinajstić information content (AvgIpc) is 2.61. The molecule has 0 saturated carbocycles. The van der Waals surface area contributed by atoms with Crippen LogP contribution in [0.2, 0.25) is 0 Å². The Bertz CT molecular complexity index is 608. The van der Waals surface area contributed by atoms with E-state index in [1.54, 1.807) is 4.90 Å². The van der Waals surface area contributed by atoms with Crippen LogP contribution in [-0.2, 0) is 27.3 Å². The van der Waals surface area contributed by atoms with E-state index in [-0.39, 0.29) is 11.9 Å². The molecule has 1 aromatic carbocycles. The van der Waals surface area contributed by atoms with Gasteiger partial charge in [0.05, 0.1) is 13.7 Å². The molecule has 2 heterocycles. The fourth-order valence-corrected chi connectivity index (χ4v) is 3.63. The topological polar surface area (TPSA) is 49.9 Å². The highest BCUT2D eigenvalue weighted by molar-refractivity contribution is 5.86. The molecule has 0 radical (unpaired) electrons. The number of nitrogens with zero attached hydrogens (tertiary/aromatic N) is 2. The predicted octanol–water partition coefficient (Wildman–Crippen LogP) is 1.84. The number of hydrogen-bond donors (Lipinski definition) is 0. The van der Waals surface area contributed by atoms with Crippen LogP contribution in [0.3, 0.4) is 0 Å². The van der Waals surface area contributed by atoms with Crippen LogP contribution in [0, 0.1) is 5.92 Å². The van der Waals surface area contributed by atoms with E-state index < -0.39 is 6.04 Å². The highest BCUT2D eigenvalue weighted by Gasteiger charge is 2.35. The van der Waals surface area contributed by atoms with Crippen LogP contribution in [-0.4, -0.2) is 54.5 Å². The maximum Gasteiger partial charge on any atom is 0.328 e. The molecule has 1 unspecified atom stereocenters. The first-order valence-corrected chi connectivity index (χ1v) is 8.75. The van der Waals surface area contributed by atoms with Crippen molar-refractivity contribution >= 4 is 11.9 Å². The van der Waals surface area contributed by atoms with E-state index in [1.165, 1.54) is 7.11 Å². The number of carbonyl (C=O) groups excluding carboxylic acids is 2. The van der Waals surface area contributed by atoms with Crippen molar-refractivity contribution in [2.24, 2.45) is 5.92 Å². The summed E-state index contributed by atoms with van der Waals surface area (Å²) >= 11 is 0. The fourth-order valence-electron chi connectivity index (χ4n) is 3.63. The monoisotopic (exact) mass is 330 g/mol. The molecule has 130 valence electrons. The van der Waals surface area contributed by atoms with Crippen molar-refractivity contribution in [1.29, 1.82) is 0 Å². The molecule has 1 saturated heterocycles. The minimum Gasteiger partial charge on any atom is -0.467 e. The zero-order chi connectivity index (χ0) is 17.1. The lowest BCUT2D eigenvalue weighted by Gasteiger charge is -2.37. The number of ether oxygens (including phenoxy) is 1. The number of carbonyl (C=O) groups is 2. The molecule has 24 heavy (non-hydrogen) atoms. The molecule has 5 nitrogen and oxygen atoms in total. The number of amides is 1. The quantitative estimate of drug-likeness (QED) is 0.794. The van der Waals surface area contributed by atoms with E-state index in [4.69, 9.17) is 4.74 Å². The third kappa shape index (κ3) is 3.61. The van der Waals surface area contributed by atoms with Crippen LogP contribution in [0.15, 0.2) is 24.3 Å². The molecule has 1 aromatic rings. The number of likely N-dealkylation sites (tertiary alicyclic amines) is 1. The number of methoxy groups -OCH3 is 1. The van der Waals surface area contributed by atoms with E-state index >= 15 is 0 Å². The molecule has 0 spiro atoms. The molecule has 3 rings (SSSR count). The Hall–Kier alpha value is -1.88. The zero-order valence-corrected chi connectivity index (χ0v) is 14.5. The normalized spacial score (nSPS) is 22.1. The first kappa shape index (κ1) is 17.0. The molecule has 0 aromatic heterocycles. The van der Waals surface area contributed by atoms with Gasteiger partial charge >= 0.3 is 5.97 Å². The second kappa shape index (κ2) is 7.34. The summed E-state index contributed by atoms with van der Waals surface area (Å²) in [5.74, 6) is 0.431. The molecule has 0 aliphatic carbocycles. The van der Waals surface area contributed by atoms with E-state index in [0.717, 1.165) is 43.0 Å². The van der Waals surface area contributed by atoms with Crippen molar-refractivity contribution in [2.75, 3.05) is 26.7 Å². The third-order valence-electron chi connectivity index (χ3n) is 5.28. The molecule has 1 fully saturated rings. The second-order valence-electron chi connectivity index (χ2n) is 6.99. The minimum atomic E-state index is -0.513. The van der Waals surface area contributed by atoms with Gasteiger partial charge in [-0.15, -0.1) is 0 Å². The minimum absolute atomic E-state index is 0.0226. The molecular formula is C19H26N2O3. The van der Waals surface area contributed by atoms with Crippen molar-refractivity contribution in [1.82, 2.24) is 9.80 Å². The molecule has 0 N–H and O–H groups in total. The van der Waals surface area contributed by atoms with Gasteiger partial charge in [-0.3, -0.25) is 9.69 Å². The summed E-state index contributed by atoms with van der Waals surface area (Å²) in [6.07, 6.45) is 2.80. The van der Waals surface area contributed by atoms with E-state index in [2.05, 4.69) is 11.8 Å². The summed E-state index contributed by atoms with van der Waals surface area (Å²) < 4.78 is 4.94. The molecular weight excluding hydrogens is 304 g/mol. The lowest BCUT2D eigenvalue weighted by molar-refractivity contribution is -0.154. The van der Waals surface area contributed by atoms with Gasteiger partial charge < -0.3 is 9.64 Å². The van der Waals surface area contributed by atoms with Crippen LogP contribution in [0.1, 0.15) is 30.9 Å². The van der Waals surface area contributed by atoms with Crippen LogP contribution in [0.5, 0.6) is 0 Å². The molecule has 1 amide bonds. The Morgan fingerprint density at radius 2 is 1.83 bits per heavy atom. The first-order chi connectivity index (χ1) is 11.6. The summed E-state index contributed by atoms with van der Waals surface area (Å²) in [5.41, 5.74) is 2.25. The van der Waals surface area contributed by atoms with Gasteiger partial charge in [0.2, 0.25) is 5.91 Å². The molecule has 5 heteroatoms. The number of rotatable bonds is 3. The van der Waals surface area contributed by atoms with E-state index in [0.29, 0.717) is 19.5 Å². The van der Waals surface area contributed by atoms with Crippen LogP contribution in [0.4, 0.5) is 0 Å². The Labute approximate surface area is 143 Å². The molecule has 0 bridgehead atoms. The van der Waals surface area contributed by atoms with Gasteiger partial charge in [-0.25, -0.2) is 4.79 Å². The van der Waals surface area contributed by atoms with Gasteiger partial charge in [0.15, 0.2) is 0 Å². The molecule has 1 atom stereocenters. The maximum absolute atomic E-state index is 12.9. The Kier molecular flexibility index (Phi) is 5.19. The van der Waals surface area contributed by atoms with Gasteiger partial charge in [-0.1, -0.05) is 31.2 Å². The van der Waals surface area contributed by atoms with Gasteiger partial charge in [0.25, 0.3) is 0 Å². The largest absolute Gasteiger partial charge is 0.467 e. The van der Waals surface area contributed by atoms with Gasteiger partial charge in [-0.05, 0) is 43.0 Å². The highest BCUT2D eigenvalue weighted by atomic mass is 16.5. The SMILES string of the molecule is COC(=O)C1Cc2ccccc2CN1C(=O)CN1CCC(C)CC1. The number of benzene rings is 1. The van der Waals surface area contributed by atoms with Crippen molar-refractivity contribution < 1.29 is 14.3 Å². The van der Waals surface area contributed by atoms with Crippen molar-refractivity contribution in [2.45, 2.75) is 38.8 Å². The number of esters is 1. The highest BCUT2D eigenvalue weighted by Crippen LogP contribution is 2.25. The Morgan fingerprint density at radius 3 is 2.50 bits per heavy atom. The van der Waals surface area contributed by atoms with Gasteiger partial charge in [0, 0.05) is 13.0 Å². The number of hydrogen-bond acceptors (Lipinski definition) is 4. The van der Waals surface area contributed by atoms with E-state index in [9.17, 15) is 9.59 Å². The lowest BCUT2D eigenvalue weighted by atomic mass is 9.93. The van der Waals surface area contributed by atoms with Gasteiger partial charge in [0.1, 0.15) is 6.04 Å². The molecule has 2 aliphatic heterocycles. The fraction of sp³-hybridized carbons (Fsp3) is 0.579. The first-order valence-electron chi connectivity index (χ1n) is 8.75. The summed E-state index contributed by atoms with van der Waals surface area (Å²) in [5, 5.41) is 0. The Balaban J connectivity index is 1.73. The van der Waals surface area contributed by atoms with Gasteiger partial charge in [-0.2, -0.15) is 0 Å². The van der Waals surface area contributed by atoms with Crippen molar-refractivity contribution in [3.63, 3.8) is 0 Å².